The molecule has 0 saturated carbocycles. The lowest BCUT2D eigenvalue weighted by molar-refractivity contribution is 0.791. The predicted octanol–water partition coefficient (Wildman–Crippen LogP) is 3.55. The fourth-order valence-electron chi connectivity index (χ4n) is 2.54. The van der Waals surface area contributed by atoms with E-state index in [1.807, 2.05) is 11.7 Å². The maximum atomic E-state index is 4.67. The van der Waals surface area contributed by atoms with Crippen LogP contribution in [0.15, 0.2) is 24.3 Å². The maximum absolute atomic E-state index is 4.67. The summed E-state index contributed by atoms with van der Waals surface area (Å²) in [6.45, 7) is 7.31. The molecule has 3 nitrogen and oxygen atoms in total. The van der Waals surface area contributed by atoms with Crippen molar-refractivity contribution in [3.63, 3.8) is 0 Å². The molecule has 2 rings (SSSR count). The number of nitrogens with zero attached hydrogens (tertiary/aromatic N) is 2. The molecule has 0 bridgehead atoms. The second kappa shape index (κ2) is 6.71. The first-order chi connectivity index (χ1) is 9.67. The molecular weight excluding hydrogens is 246 g/mol. The highest BCUT2D eigenvalue weighted by Crippen LogP contribution is 2.18. The van der Waals surface area contributed by atoms with Gasteiger partial charge < -0.3 is 5.32 Å². The highest BCUT2D eigenvalue weighted by Gasteiger charge is 2.11. The zero-order chi connectivity index (χ0) is 14.5. The van der Waals surface area contributed by atoms with Crippen molar-refractivity contribution in [2.45, 2.75) is 46.6 Å². The van der Waals surface area contributed by atoms with Gasteiger partial charge in [-0.25, -0.2) is 4.68 Å². The Morgan fingerprint density at radius 3 is 2.45 bits per heavy atom. The van der Waals surface area contributed by atoms with Crippen LogP contribution < -0.4 is 5.32 Å². The van der Waals surface area contributed by atoms with Crippen LogP contribution in [-0.4, -0.2) is 16.8 Å². The topological polar surface area (TPSA) is 29.9 Å². The summed E-state index contributed by atoms with van der Waals surface area (Å²) < 4.78 is 2.05. The number of nitrogens with one attached hydrogen (secondary N) is 1. The molecule has 1 aromatic carbocycles. The SMILES string of the molecule is CCCCc1ccc(-n2nc(C)c(CNC)c2C)cc1. The first-order valence-electron chi connectivity index (χ1n) is 7.46. The molecule has 0 atom stereocenters. The molecule has 0 aliphatic rings. The number of rotatable bonds is 6. The van der Waals surface area contributed by atoms with Crippen LogP contribution in [0.4, 0.5) is 0 Å². The second-order valence-electron chi connectivity index (χ2n) is 5.36. The maximum Gasteiger partial charge on any atom is 0.0649 e. The van der Waals surface area contributed by atoms with Gasteiger partial charge in [-0.2, -0.15) is 5.10 Å². The van der Waals surface area contributed by atoms with Gasteiger partial charge >= 0.3 is 0 Å². The third kappa shape index (κ3) is 3.10. The minimum absolute atomic E-state index is 0.867. The summed E-state index contributed by atoms with van der Waals surface area (Å²) in [6, 6.07) is 8.79. The number of aryl methyl sites for hydroxylation is 2. The molecule has 0 spiro atoms. The van der Waals surface area contributed by atoms with Gasteiger partial charge in [-0.15, -0.1) is 0 Å². The van der Waals surface area contributed by atoms with Crippen LogP contribution in [0.1, 0.15) is 42.3 Å². The van der Waals surface area contributed by atoms with Crippen molar-refractivity contribution in [2.75, 3.05) is 7.05 Å². The lowest BCUT2D eigenvalue weighted by atomic mass is 10.1. The van der Waals surface area contributed by atoms with Gasteiger partial charge in [-0.05, 0) is 51.4 Å². The van der Waals surface area contributed by atoms with E-state index >= 15 is 0 Å². The van der Waals surface area contributed by atoms with Crippen molar-refractivity contribution in [1.82, 2.24) is 15.1 Å². The molecule has 0 saturated heterocycles. The summed E-state index contributed by atoms with van der Waals surface area (Å²) in [4.78, 5) is 0. The van der Waals surface area contributed by atoms with Crippen molar-refractivity contribution in [3.05, 3.63) is 46.8 Å². The van der Waals surface area contributed by atoms with Crippen LogP contribution in [-0.2, 0) is 13.0 Å². The van der Waals surface area contributed by atoms with Crippen LogP contribution in [0.3, 0.4) is 0 Å². The number of hydrogen-bond acceptors (Lipinski definition) is 2. The van der Waals surface area contributed by atoms with Crippen molar-refractivity contribution in [3.8, 4) is 5.69 Å². The zero-order valence-electron chi connectivity index (χ0n) is 13.0. The molecule has 1 heterocycles. The molecule has 0 aliphatic carbocycles. The van der Waals surface area contributed by atoms with Gasteiger partial charge in [-0.3, -0.25) is 0 Å². The monoisotopic (exact) mass is 271 g/mol. The van der Waals surface area contributed by atoms with Gasteiger partial charge in [0, 0.05) is 17.8 Å². The molecular formula is C17H25N3. The highest BCUT2D eigenvalue weighted by atomic mass is 15.3. The van der Waals surface area contributed by atoms with Gasteiger partial charge in [0.1, 0.15) is 0 Å². The van der Waals surface area contributed by atoms with Crippen molar-refractivity contribution < 1.29 is 0 Å². The normalized spacial score (nSPS) is 11.0. The van der Waals surface area contributed by atoms with Crippen LogP contribution >= 0.6 is 0 Å². The van der Waals surface area contributed by atoms with Crippen LogP contribution in [0.25, 0.3) is 5.69 Å². The Morgan fingerprint density at radius 1 is 1.15 bits per heavy atom. The first kappa shape index (κ1) is 14.8. The summed E-state index contributed by atoms with van der Waals surface area (Å²) >= 11 is 0. The van der Waals surface area contributed by atoms with E-state index in [1.165, 1.54) is 36.1 Å². The Balaban J connectivity index is 2.25. The van der Waals surface area contributed by atoms with Gasteiger partial charge in [0.2, 0.25) is 0 Å². The van der Waals surface area contributed by atoms with Crippen LogP contribution in [0.5, 0.6) is 0 Å². The Bertz CT molecular complexity index is 552. The van der Waals surface area contributed by atoms with Crippen molar-refractivity contribution in [1.29, 1.82) is 0 Å². The standard InChI is InChI=1S/C17H25N3/c1-5-6-7-15-8-10-16(11-9-15)20-14(3)17(12-18-4)13(2)19-20/h8-11,18H,5-7,12H2,1-4H3. The predicted molar refractivity (Wildman–Crippen MR) is 84.4 cm³/mol. The highest BCUT2D eigenvalue weighted by molar-refractivity contribution is 5.38. The summed E-state index contributed by atoms with van der Waals surface area (Å²) in [5, 5.41) is 7.88. The van der Waals surface area contributed by atoms with Crippen molar-refractivity contribution in [2.24, 2.45) is 0 Å². The molecule has 0 aliphatic heterocycles. The lowest BCUT2D eigenvalue weighted by Crippen LogP contribution is -2.07. The second-order valence-corrected chi connectivity index (χ2v) is 5.36. The van der Waals surface area contributed by atoms with E-state index in [4.69, 9.17) is 0 Å². The molecule has 0 fully saturated rings. The Kier molecular flexibility index (Phi) is 4.96. The molecule has 0 amide bonds. The zero-order valence-corrected chi connectivity index (χ0v) is 13.0. The van der Waals surface area contributed by atoms with E-state index in [1.54, 1.807) is 0 Å². The largest absolute Gasteiger partial charge is 0.316 e. The fourth-order valence-corrected chi connectivity index (χ4v) is 2.54. The van der Waals surface area contributed by atoms with E-state index in [2.05, 4.69) is 55.5 Å². The van der Waals surface area contributed by atoms with Crippen molar-refractivity contribution >= 4 is 0 Å². The summed E-state index contributed by atoms with van der Waals surface area (Å²) in [5.74, 6) is 0. The molecule has 1 aromatic heterocycles. The summed E-state index contributed by atoms with van der Waals surface area (Å²) in [6.07, 6.45) is 3.66. The fraction of sp³-hybridized carbons (Fsp3) is 0.471. The van der Waals surface area contributed by atoms with Gasteiger partial charge in [0.15, 0.2) is 0 Å². The minimum atomic E-state index is 0.867. The van der Waals surface area contributed by atoms with Gasteiger partial charge in [0.25, 0.3) is 0 Å². The van der Waals surface area contributed by atoms with E-state index in [9.17, 15) is 0 Å². The molecule has 3 heteroatoms. The third-order valence-corrected chi connectivity index (χ3v) is 3.79. The summed E-state index contributed by atoms with van der Waals surface area (Å²) in [7, 11) is 1.97. The minimum Gasteiger partial charge on any atom is -0.316 e. The van der Waals surface area contributed by atoms with E-state index < -0.39 is 0 Å². The van der Waals surface area contributed by atoms with E-state index in [0.717, 1.165) is 17.9 Å². The summed E-state index contributed by atoms with van der Waals surface area (Å²) in [5.41, 5.74) is 6.17. The quantitative estimate of drug-likeness (QED) is 0.870. The molecule has 108 valence electrons. The molecule has 0 unspecified atom stereocenters. The van der Waals surface area contributed by atoms with E-state index in [0.29, 0.717) is 0 Å². The average Bonchev–Trinajstić information content (AvgIpc) is 2.74. The van der Waals surface area contributed by atoms with Crippen LogP contribution in [0.2, 0.25) is 0 Å². The smallest absolute Gasteiger partial charge is 0.0649 e. The average molecular weight is 271 g/mol. The molecule has 2 aromatic rings. The Morgan fingerprint density at radius 2 is 1.85 bits per heavy atom. The molecule has 0 radical (unpaired) electrons. The van der Waals surface area contributed by atoms with E-state index in [-0.39, 0.29) is 0 Å². The number of unbranched alkanes of at least 4 members (excludes halogenated alkanes) is 1. The number of hydrogen-bond donors (Lipinski definition) is 1. The van der Waals surface area contributed by atoms with Gasteiger partial charge in [0.05, 0.1) is 11.4 Å². The first-order valence-corrected chi connectivity index (χ1v) is 7.46. The third-order valence-electron chi connectivity index (χ3n) is 3.79. The Hall–Kier alpha value is -1.61. The lowest BCUT2D eigenvalue weighted by Gasteiger charge is -2.07. The molecule has 1 N–H and O–H groups in total. The van der Waals surface area contributed by atoms with Crippen LogP contribution in [0, 0.1) is 13.8 Å². The molecule has 20 heavy (non-hydrogen) atoms. The number of aromatic nitrogens is 2. The number of benzene rings is 1. The Labute approximate surface area is 122 Å². The van der Waals surface area contributed by atoms with Gasteiger partial charge in [-0.1, -0.05) is 25.5 Å².